The van der Waals surface area contributed by atoms with Crippen molar-refractivity contribution in [2.75, 3.05) is 0 Å². The first-order valence-electron chi connectivity index (χ1n) is 7.39. The van der Waals surface area contributed by atoms with E-state index in [-0.39, 0.29) is 5.92 Å². The summed E-state index contributed by atoms with van der Waals surface area (Å²) < 4.78 is 53.9. The van der Waals surface area contributed by atoms with Crippen molar-refractivity contribution < 1.29 is 17.6 Å². The summed E-state index contributed by atoms with van der Waals surface area (Å²) in [7, 11) is 0. The Morgan fingerprint density at radius 1 is 1.10 bits per heavy atom. The van der Waals surface area contributed by atoms with E-state index in [9.17, 15) is 17.6 Å². The summed E-state index contributed by atoms with van der Waals surface area (Å²) in [5.41, 5.74) is -0.702. The Morgan fingerprint density at radius 3 is 2.05 bits per heavy atom. The molecule has 0 N–H and O–H groups in total. The highest BCUT2D eigenvalue weighted by Gasteiger charge is 2.35. The fourth-order valence-electron chi connectivity index (χ4n) is 3.29. The van der Waals surface area contributed by atoms with Gasteiger partial charge < -0.3 is 0 Å². The van der Waals surface area contributed by atoms with E-state index in [0.29, 0.717) is 11.5 Å². The van der Waals surface area contributed by atoms with E-state index in [2.05, 4.69) is 6.92 Å². The van der Waals surface area contributed by atoms with Gasteiger partial charge in [0, 0.05) is 0 Å². The van der Waals surface area contributed by atoms with Gasteiger partial charge in [0.05, 0.1) is 0 Å². The van der Waals surface area contributed by atoms with Crippen LogP contribution in [0.1, 0.15) is 62.5 Å². The predicted molar refractivity (Wildman–Crippen MR) is 78.8 cm³/mol. The van der Waals surface area contributed by atoms with Crippen LogP contribution < -0.4 is 0 Å². The van der Waals surface area contributed by atoms with E-state index >= 15 is 0 Å². The van der Waals surface area contributed by atoms with Crippen molar-refractivity contribution in [3.8, 4) is 0 Å². The zero-order chi connectivity index (χ0) is 15.6. The van der Waals surface area contributed by atoms with Gasteiger partial charge in [-0.2, -0.15) is 8.78 Å². The van der Waals surface area contributed by atoms with Crippen LogP contribution in [-0.2, 0) is 4.83 Å². The topological polar surface area (TPSA) is 0 Å². The molecule has 0 aliphatic heterocycles. The molecule has 1 aliphatic carbocycles. The maximum Gasteiger partial charge on any atom is 0.332 e. The first-order valence-corrected chi connectivity index (χ1v) is 8.18. The first-order chi connectivity index (χ1) is 9.82. The second-order valence-electron chi connectivity index (χ2n) is 5.86. The van der Waals surface area contributed by atoms with Crippen LogP contribution in [0.5, 0.6) is 0 Å². The SMILES string of the molecule is CCCC1CCC(c2cc(F)c(C(F)(F)Br)c(F)c2)CC1. The molecule has 0 amide bonds. The lowest BCUT2D eigenvalue weighted by Crippen LogP contribution is -2.15. The quantitative estimate of drug-likeness (QED) is 0.422. The van der Waals surface area contributed by atoms with Crippen LogP contribution in [0.15, 0.2) is 12.1 Å². The van der Waals surface area contributed by atoms with Gasteiger partial charge in [-0.15, -0.1) is 0 Å². The van der Waals surface area contributed by atoms with Crippen LogP contribution in [0.3, 0.4) is 0 Å². The Labute approximate surface area is 131 Å². The maximum atomic E-state index is 13.8. The van der Waals surface area contributed by atoms with Crippen molar-refractivity contribution in [1.29, 1.82) is 0 Å². The molecule has 1 aliphatic rings. The molecule has 1 saturated carbocycles. The third-order valence-electron chi connectivity index (χ3n) is 4.36. The molecule has 118 valence electrons. The molecule has 0 unspecified atom stereocenters. The summed E-state index contributed by atoms with van der Waals surface area (Å²) >= 11 is 2.02. The van der Waals surface area contributed by atoms with Gasteiger partial charge in [0.1, 0.15) is 17.2 Å². The molecular formula is C16H19BrF4. The molecule has 1 fully saturated rings. The molecule has 0 spiro atoms. The summed E-state index contributed by atoms with van der Waals surface area (Å²) in [5, 5.41) is 0. The van der Waals surface area contributed by atoms with Gasteiger partial charge in [0.25, 0.3) is 0 Å². The number of benzene rings is 1. The van der Waals surface area contributed by atoms with E-state index in [1.165, 1.54) is 6.42 Å². The fourth-order valence-corrected chi connectivity index (χ4v) is 3.67. The highest BCUT2D eigenvalue weighted by atomic mass is 79.9. The van der Waals surface area contributed by atoms with Crippen LogP contribution in [-0.4, -0.2) is 0 Å². The minimum Gasteiger partial charge on any atom is -0.206 e. The van der Waals surface area contributed by atoms with Gasteiger partial charge in [-0.25, -0.2) is 8.78 Å². The summed E-state index contributed by atoms with van der Waals surface area (Å²) in [4.78, 5) is -3.68. The highest BCUT2D eigenvalue weighted by molar-refractivity contribution is 9.09. The number of rotatable bonds is 4. The maximum absolute atomic E-state index is 13.8. The fraction of sp³-hybridized carbons (Fsp3) is 0.625. The first kappa shape index (κ1) is 16.8. The van der Waals surface area contributed by atoms with Crippen LogP contribution in [0.2, 0.25) is 0 Å². The van der Waals surface area contributed by atoms with Crippen molar-refractivity contribution >= 4 is 15.9 Å². The van der Waals surface area contributed by atoms with Crippen molar-refractivity contribution in [3.05, 3.63) is 34.9 Å². The zero-order valence-electron chi connectivity index (χ0n) is 11.9. The Morgan fingerprint density at radius 2 is 1.62 bits per heavy atom. The van der Waals surface area contributed by atoms with E-state index in [0.717, 1.165) is 44.2 Å². The van der Waals surface area contributed by atoms with E-state index < -0.39 is 22.0 Å². The molecule has 5 heteroatoms. The molecule has 0 bridgehead atoms. The third kappa shape index (κ3) is 3.99. The molecule has 0 nitrogen and oxygen atoms in total. The minimum atomic E-state index is -3.68. The van der Waals surface area contributed by atoms with Crippen LogP contribution in [0.4, 0.5) is 17.6 Å². The molecule has 0 heterocycles. The van der Waals surface area contributed by atoms with E-state index in [4.69, 9.17) is 0 Å². The van der Waals surface area contributed by atoms with Crippen LogP contribution >= 0.6 is 15.9 Å². The van der Waals surface area contributed by atoms with Crippen molar-refractivity contribution in [2.45, 2.75) is 56.2 Å². The Kier molecular flexibility index (Phi) is 5.33. The lowest BCUT2D eigenvalue weighted by atomic mass is 9.77. The van der Waals surface area contributed by atoms with Gasteiger partial charge >= 0.3 is 4.83 Å². The zero-order valence-corrected chi connectivity index (χ0v) is 13.5. The van der Waals surface area contributed by atoms with Gasteiger partial charge in [0.15, 0.2) is 0 Å². The number of hydrogen-bond donors (Lipinski definition) is 0. The van der Waals surface area contributed by atoms with Gasteiger partial charge in [-0.05, 0) is 71.1 Å². The van der Waals surface area contributed by atoms with E-state index in [1.807, 2.05) is 15.9 Å². The molecule has 0 aromatic heterocycles. The molecule has 21 heavy (non-hydrogen) atoms. The number of alkyl halides is 3. The standard InChI is InChI=1S/C16H19BrF4/c1-2-3-10-4-6-11(7-5-10)12-8-13(18)15(14(19)9-12)16(17,20)21/h8-11H,2-7H2,1H3. The average molecular weight is 367 g/mol. The molecule has 1 aromatic rings. The summed E-state index contributed by atoms with van der Waals surface area (Å²) in [6.07, 6.45) is 6.15. The lowest BCUT2D eigenvalue weighted by molar-refractivity contribution is 0.105. The molecule has 2 rings (SSSR count). The van der Waals surface area contributed by atoms with Gasteiger partial charge in [0.2, 0.25) is 0 Å². The van der Waals surface area contributed by atoms with Crippen LogP contribution in [0.25, 0.3) is 0 Å². The average Bonchev–Trinajstić information content (AvgIpc) is 2.37. The second kappa shape index (κ2) is 6.67. The molecule has 1 aromatic carbocycles. The van der Waals surface area contributed by atoms with Gasteiger partial charge in [-0.1, -0.05) is 19.8 Å². The Hall–Kier alpha value is -0.580. The normalized spacial score (nSPS) is 23.3. The third-order valence-corrected chi connectivity index (χ3v) is 4.76. The number of hydrogen-bond acceptors (Lipinski definition) is 0. The molecular weight excluding hydrogens is 348 g/mol. The van der Waals surface area contributed by atoms with Crippen LogP contribution in [0, 0.1) is 17.6 Å². The second-order valence-corrected chi connectivity index (χ2v) is 6.86. The lowest BCUT2D eigenvalue weighted by Gasteiger charge is -2.29. The smallest absolute Gasteiger partial charge is 0.206 e. The summed E-state index contributed by atoms with van der Waals surface area (Å²) in [6.45, 7) is 2.15. The van der Waals surface area contributed by atoms with Crippen molar-refractivity contribution in [2.24, 2.45) is 5.92 Å². The minimum absolute atomic E-state index is 0.0695. The van der Waals surface area contributed by atoms with Gasteiger partial charge in [-0.3, -0.25) is 0 Å². The predicted octanol–water partition coefficient (Wildman–Crippen LogP) is 6.48. The van der Waals surface area contributed by atoms with Crippen molar-refractivity contribution in [3.63, 3.8) is 0 Å². The number of halogens is 5. The summed E-state index contributed by atoms with van der Waals surface area (Å²) in [6, 6.07) is 2.14. The Bertz CT molecular complexity index is 465. The molecule has 0 atom stereocenters. The van der Waals surface area contributed by atoms with E-state index in [1.54, 1.807) is 0 Å². The monoisotopic (exact) mass is 366 g/mol. The molecule has 0 radical (unpaired) electrons. The molecule has 0 saturated heterocycles. The summed E-state index contributed by atoms with van der Waals surface area (Å²) in [5.74, 6) is -1.60. The largest absolute Gasteiger partial charge is 0.332 e. The highest BCUT2D eigenvalue weighted by Crippen LogP contribution is 2.42. The van der Waals surface area contributed by atoms with Crippen molar-refractivity contribution in [1.82, 2.24) is 0 Å². The Balaban J connectivity index is 2.16.